The van der Waals surface area contributed by atoms with Crippen LogP contribution in [0.15, 0.2) is 82.8 Å². The first-order valence-electron chi connectivity index (χ1n) is 10.4. The number of anilines is 1. The van der Waals surface area contributed by atoms with Crippen molar-refractivity contribution in [2.75, 3.05) is 11.1 Å². The van der Waals surface area contributed by atoms with Crippen molar-refractivity contribution < 1.29 is 4.79 Å². The van der Waals surface area contributed by atoms with Crippen LogP contribution in [0.25, 0.3) is 0 Å². The first-order chi connectivity index (χ1) is 15.1. The van der Waals surface area contributed by atoms with E-state index in [4.69, 9.17) is 9.98 Å². The lowest BCUT2D eigenvalue weighted by atomic mass is 10.1. The zero-order valence-corrected chi connectivity index (χ0v) is 18.6. The molecule has 5 heteroatoms. The molecule has 0 aliphatic carbocycles. The van der Waals surface area contributed by atoms with Gasteiger partial charge in [-0.25, -0.2) is 4.99 Å². The van der Waals surface area contributed by atoms with Crippen molar-refractivity contribution in [1.82, 2.24) is 0 Å². The van der Waals surface area contributed by atoms with Crippen molar-refractivity contribution >= 4 is 45.5 Å². The van der Waals surface area contributed by atoms with Crippen molar-refractivity contribution in [2.45, 2.75) is 26.7 Å². The van der Waals surface area contributed by atoms with E-state index in [1.54, 1.807) is 0 Å². The summed E-state index contributed by atoms with van der Waals surface area (Å²) in [7, 11) is 0. The smallest absolute Gasteiger partial charge is 0.234 e. The van der Waals surface area contributed by atoms with Crippen LogP contribution in [-0.2, 0) is 11.2 Å². The molecule has 3 aromatic carbocycles. The monoisotopic (exact) mass is 427 g/mol. The van der Waals surface area contributed by atoms with Crippen molar-refractivity contribution in [3.05, 3.63) is 89.5 Å². The normalized spacial score (nSPS) is 13.0. The molecule has 0 aromatic heterocycles. The Kier molecular flexibility index (Phi) is 6.63. The van der Waals surface area contributed by atoms with Gasteiger partial charge >= 0.3 is 0 Å². The number of para-hydroxylation sites is 2. The molecule has 0 bridgehead atoms. The van der Waals surface area contributed by atoms with Crippen LogP contribution in [0.2, 0.25) is 0 Å². The number of fused-ring (bicyclic) bond motifs is 1. The summed E-state index contributed by atoms with van der Waals surface area (Å²) in [6.45, 7) is 4.18. The average molecular weight is 428 g/mol. The molecular formula is C26H25N3OS. The Labute approximate surface area is 187 Å². The highest BCUT2D eigenvalue weighted by Crippen LogP contribution is 2.33. The summed E-state index contributed by atoms with van der Waals surface area (Å²) in [6.07, 6.45) is 1.54. The van der Waals surface area contributed by atoms with Crippen LogP contribution >= 0.6 is 11.8 Å². The Hall–Kier alpha value is -3.18. The molecule has 0 saturated heterocycles. The van der Waals surface area contributed by atoms with Crippen LogP contribution in [0.3, 0.4) is 0 Å². The molecule has 0 saturated carbocycles. The maximum atomic E-state index is 12.6. The molecule has 1 aliphatic heterocycles. The zero-order valence-electron chi connectivity index (χ0n) is 17.8. The molecule has 0 atom stereocenters. The van der Waals surface area contributed by atoms with Gasteiger partial charge < -0.3 is 5.32 Å². The van der Waals surface area contributed by atoms with E-state index in [-0.39, 0.29) is 5.91 Å². The van der Waals surface area contributed by atoms with E-state index in [0.717, 1.165) is 39.8 Å². The van der Waals surface area contributed by atoms with Crippen LogP contribution < -0.4 is 5.32 Å². The Morgan fingerprint density at radius 3 is 2.45 bits per heavy atom. The highest BCUT2D eigenvalue weighted by Gasteiger charge is 2.16. The highest BCUT2D eigenvalue weighted by molar-refractivity contribution is 8.14. The molecule has 1 aliphatic rings. The number of hydrogen-bond donors (Lipinski definition) is 1. The number of aryl methyl sites for hydroxylation is 2. The van der Waals surface area contributed by atoms with E-state index in [0.29, 0.717) is 12.2 Å². The molecule has 1 N–H and O–H groups in total. The zero-order chi connectivity index (χ0) is 21.6. The summed E-state index contributed by atoms with van der Waals surface area (Å²) in [5, 5.41) is 3.89. The van der Waals surface area contributed by atoms with Crippen LogP contribution in [-0.4, -0.2) is 22.4 Å². The third-order valence-corrected chi connectivity index (χ3v) is 6.05. The number of nitrogens with zero attached hydrogens (tertiary/aromatic N) is 2. The minimum atomic E-state index is -0.0349. The number of hydrogen-bond acceptors (Lipinski definition) is 4. The van der Waals surface area contributed by atoms with Gasteiger partial charge in [-0.3, -0.25) is 9.79 Å². The van der Waals surface area contributed by atoms with Crippen molar-refractivity contribution in [1.29, 1.82) is 0 Å². The molecule has 0 radical (unpaired) electrons. The first-order valence-corrected chi connectivity index (χ1v) is 11.4. The number of benzene rings is 3. The number of thioether (sulfide) groups is 1. The van der Waals surface area contributed by atoms with Crippen molar-refractivity contribution in [3.63, 3.8) is 0 Å². The number of nitrogens with one attached hydrogen (secondary N) is 1. The molecule has 0 fully saturated rings. The van der Waals surface area contributed by atoms with Gasteiger partial charge in [-0.15, -0.1) is 11.8 Å². The molecule has 1 heterocycles. The minimum absolute atomic E-state index is 0.0349. The molecule has 4 rings (SSSR count). The second kappa shape index (κ2) is 9.75. The van der Waals surface area contributed by atoms with Gasteiger partial charge in [0.15, 0.2) is 0 Å². The minimum Gasteiger partial charge on any atom is -0.325 e. The van der Waals surface area contributed by atoms with E-state index in [9.17, 15) is 4.79 Å². The summed E-state index contributed by atoms with van der Waals surface area (Å²) in [5.41, 5.74) is 6.99. The second-order valence-electron chi connectivity index (χ2n) is 7.49. The van der Waals surface area contributed by atoms with Crippen molar-refractivity contribution in [2.24, 2.45) is 9.98 Å². The summed E-state index contributed by atoms with van der Waals surface area (Å²) in [4.78, 5) is 22.3. The van der Waals surface area contributed by atoms with Gasteiger partial charge in [0.1, 0.15) is 0 Å². The molecule has 156 valence electrons. The lowest BCUT2D eigenvalue weighted by Gasteiger charge is -2.09. The molecule has 3 aromatic rings. The summed E-state index contributed by atoms with van der Waals surface area (Å²) < 4.78 is 0. The average Bonchev–Trinajstić information content (AvgIpc) is 2.97. The standard InChI is InChI=1S/C26H25N3OS/c1-3-19-7-6-8-21(15-19)27-25(30)17-31-26-16-24(20-13-11-18(2)12-14-20)28-22-9-4-5-10-23(22)29-26/h4-15H,3,16-17H2,1-2H3,(H,27,30). The van der Waals surface area contributed by atoms with Crippen LogP contribution in [0.1, 0.15) is 30.0 Å². The van der Waals surface area contributed by atoms with Gasteiger partial charge in [-0.1, -0.05) is 61.0 Å². The molecular weight excluding hydrogens is 402 g/mol. The van der Waals surface area contributed by atoms with E-state index in [1.165, 1.54) is 22.9 Å². The summed E-state index contributed by atoms with van der Waals surface area (Å²) in [5.74, 6) is 0.269. The van der Waals surface area contributed by atoms with Gasteiger partial charge in [0.05, 0.1) is 27.9 Å². The number of rotatable bonds is 5. The van der Waals surface area contributed by atoms with Gasteiger partial charge in [-0.2, -0.15) is 0 Å². The molecule has 0 unspecified atom stereocenters. The number of aliphatic imine (C=N–C) groups is 2. The van der Waals surface area contributed by atoms with Crippen LogP contribution in [0, 0.1) is 6.92 Å². The largest absolute Gasteiger partial charge is 0.325 e. The highest BCUT2D eigenvalue weighted by atomic mass is 32.2. The predicted octanol–water partition coefficient (Wildman–Crippen LogP) is 6.48. The summed E-state index contributed by atoms with van der Waals surface area (Å²) >= 11 is 1.47. The van der Waals surface area contributed by atoms with Gasteiger partial charge in [-0.05, 0) is 48.7 Å². The van der Waals surface area contributed by atoms with E-state index in [1.807, 2.05) is 42.5 Å². The maximum Gasteiger partial charge on any atom is 0.234 e. The SMILES string of the molecule is CCc1cccc(NC(=O)CSC2=Nc3ccccc3N=C(c3ccc(C)cc3)C2)c1. The Morgan fingerprint density at radius 1 is 0.968 bits per heavy atom. The fraction of sp³-hybridized carbons (Fsp3) is 0.192. The van der Waals surface area contributed by atoms with Crippen LogP contribution in [0.5, 0.6) is 0 Å². The van der Waals surface area contributed by atoms with Gasteiger partial charge in [0.2, 0.25) is 5.91 Å². The topological polar surface area (TPSA) is 53.8 Å². The van der Waals surface area contributed by atoms with Gasteiger partial charge in [0, 0.05) is 12.1 Å². The lowest BCUT2D eigenvalue weighted by molar-refractivity contribution is -0.113. The fourth-order valence-corrected chi connectivity index (χ4v) is 4.14. The maximum absolute atomic E-state index is 12.6. The Bertz CT molecular complexity index is 1150. The first kappa shape index (κ1) is 21.1. The summed E-state index contributed by atoms with van der Waals surface area (Å²) in [6, 6.07) is 24.2. The molecule has 4 nitrogen and oxygen atoms in total. The van der Waals surface area contributed by atoms with E-state index < -0.39 is 0 Å². The second-order valence-corrected chi connectivity index (χ2v) is 8.53. The third kappa shape index (κ3) is 5.50. The van der Waals surface area contributed by atoms with Crippen LogP contribution in [0.4, 0.5) is 17.1 Å². The number of carbonyl (C=O) groups is 1. The Morgan fingerprint density at radius 2 is 1.71 bits per heavy atom. The lowest BCUT2D eigenvalue weighted by Crippen LogP contribution is -2.16. The number of amides is 1. The van der Waals surface area contributed by atoms with E-state index in [2.05, 4.69) is 49.5 Å². The quantitative estimate of drug-likeness (QED) is 0.506. The van der Waals surface area contributed by atoms with E-state index >= 15 is 0 Å². The number of carbonyl (C=O) groups excluding carboxylic acids is 1. The third-order valence-electron chi connectivity index (χ3n) is 5.07. The fourth-order valence-electron chi connectivity index (χ4n) is 3.37. The molecule has 1 amide bonds. The predicted molar refractivity (Wildman–Crippen MR) is 132 cm³/mol. The molecule has 0 spiro atoms. The van der Waals surface area contributed by atoms with Gasteiger partial charge in [0.25, 0.3) is 0 Å². The van der Waals surface area contributed by atoms with Crippen molar-refractivity contribution in [3.8, 4) is 0 Å². The Balaban J connectivity index is 1.51. The molecule has 31 heavy (non-hydrogen) atoms.